The van der Waals surface area contributed by atoms with Gasteiger partial charge in [-0.3, -0.25) is 9.59 Å². The lowest BCUT2D eigenvalue weighted by Gasteiger charge is -2.16. The van der Waals surface area contributed by atoms with Crippen LogP contribution in [0, 0.1) is 0 Å². The Kier molecular flexibility index (Phi) is 5.19. The molecule has 0 radical (unpaired) electrons. The van der Waals surface area contributed by atoms with Crippen molar-refractivity contribution in [3.8, 4) is 11.5 Å². The van der Waals surface area contributed by atoms with Crippen molar-refractivity contribution in [2.75, 3.05) is 13.6 Å². The average molecular weight is 315 g/mol. The molecule has 0 aliphatic carbocycles. The number of phenolic OH excluding ortho intramolecular Hbond substituents is 2. The number of esters is 1. The molecule has 0 unspecified atom stereocenters. The summed E-state index contributed by atoms with van der Waals surface area (Å²) < 4.78 is 5.11. The van der Waals surface area contributed by atoms with E-state index in [1.54, 1.807) is 0 Å². The summed E-state index contributed by atoms with van der Waals surface area (Å²) in [6.45, 7) is -0.0744. The van der Waals surface area contributed by atoms with Crippen LogP contribution in [0.2, 0.25) is 0 Å². The van der Waals surface area contributed by atoms with Gasteiger partial charge in [-0.25, -0.2) is 0 Å². The molecule has 2 N–H and O–H groups in total. The Morgan fingerprint density at radius 2 is 1.74 bits per heavy atom. The fourth-order valence-corrected chi connectivity index (χ4v) is 1.93. The van der Waals surface area contributed by atoms with Gasteiger partial charge in [0.1, 0.15) is 13.2 Å². The van der Waals surface area contributed by atoms with Gasteiger partial charge in [0.05, 0.1) is 0 Å². The normalized spacial score (nSPS) is 10.1. The topological polar surface area (TPSA) is 87.1 Å². The first-order chi connectivity index (χ1) is 11.0. The van der Waals surface area contributed by atoms with Crippen LogP contribution >= 0.6 is 0 Å². The van der Waals surface area contributed by atoms with Crippen LogP contribution in [0.1, 0.15) is 15.9 Å². The third-order valence-corrected chi connectivity index (χ3v) is 3.18. The first-order valence-electron chi connectivity index (χ1n) is 6.94. The van der Waals surface area contributed by atoms with E-state index in [2.05, 4.69) is 0 Å². The molecule has 0 saturated carbocycles. The number of amides is 1. The third-order valence-electron chi connectivity index (χ3n) is 3.18. The van der Waals surface area contributed by atoms with Gasteiger partial charge in [-0.05, 0) is 23.8 Å². The minimum absolute atomic E-state index is 0.141. The maximum absolute atomic E-state index is 12.1. The third kappa shape index (κ3) is 4.47. The van der Waals surface area contributed by atoms with Gasteiger partial charge in [-0.2, -0.15) is 0 Å². The number of hydrogen-bond acceptors (Lipinski definition) is 5. The molecule has 6 nitrogen and oxygen atoms in total. The van der Waals surface area contributed by atoms with Gasteiger partial charge in [0, 0.05) is 12.6 Å². The Labute approximate surface area is 133 Å². The number of carbonyl (C=O) groups is 2. The second kappa shape index (κ2) is 7.31. The number of nitrogens with zero attached hydrogens (tertiary/aromatic N) is 1. The van der Waals surface area contributed by atoms with Gasteiger partial charge in [0.15, 0.2) is 11.5 Å². The van der Waals surface area contributed by atoms with Gasteiger partial charge in [-0.1, -0.05) is 30.3 Å². The van der Waals surface area contributed by atoms with Gasteiger partial charge in [0.2, 0.25) is 0 Å². The number of rotatable bonds is 5. The van der Waals surface area contributed by atoms with E-state index in [9.17, 15) is 19.8 Å². The molecule has 2 rings (SSSR count). The summed E-state index contributed by atoms with van der Waals surface area (Å²) in [5, 5.41) is 18.6. The molecule has 0 atom stereocenters. The van der Waals surface area contributed by atoms with Crippen molar-refractivity contribution in [3.05, 3.63) is 59.7 Å². The zero-order valence-corrected chi connectivity index (χ0v) is 12.6. The van der Waals surface area contributed by atoms with Gasteiger partial charge >= 0.3 is 5.97 Å². The average Bonchev–Trinajstić information content (AvgIpc) is 2.55. The molecule has 1 amide bonds. The second-order valence-electron chi connectivity index (χ2n) is 5.01. The van der Waals surface area contributed by atoms with Crippen molar-refractivity contribution < 1.29 is 24.5 Å². The zero-order chi connectivity index (χ0) is 16.8. The number of benzene rings is 2. The lowest BCUT2D eigenvalue weighted by Crippen LogP contribution is -2.33. The highest BCUT2D eigenvalue weighted by atomic mass is 16.5. The van der Waals surface area contributed by atoms with E-state index in [0.29, 0.717) is 0 Å². The van der Waals surface area contributed by atoms with Crippen LogP contribution in [0.3, 0.4) is 0 Å². The van der Waals surface area contributed by atoms with Gasteiger partial charge < -0.3 is 19.8 Å². The predicted octanol–water partition coefficient (Wildman–Crippen LogP) is 1.91. The Morgan fingerprint density at radius 1 is 1.04 bits per heavy atom. The number of hydrogen-bond donors (Lipinski definition) is 2. The van der Waals surface area contributed by atoms with Crippen LogP contribution in [-0.4, -0.2) is 40.6 Å². The number of aromatic hydroxyl groups is 2. The molecule has 0 aliphatic heterocycles. The Morgan fingerprint density at radius 3 is 2.39 bits per heavy atom. The minimum Gasteiger partial charge on any atom is -0.504 e. The smallest absolute Gasteiger partial charge is 0.325 e. The van der Waals surface area contributed by atoms with E-state index >= 15 is 0 Å². The van der Waals surface area contributed by atoms with Crippen molar-refractivity contribution in [2.45, 2.75) is 6.61 Å². The predicted molar refractivity (Wildman–Crippen MR) is 83.0 cm³/mol. The highest BCUT2D eigenvalue weighted by molar-refractivity contribution is 5.96. The minimum atomic E-state index is -0.535. The summed E-state index contributed by atoms with van der Waals surface area (Å²) in [5.41, 5.74) is 1.02. The molecule has 0 aliphatic rings. The molecule has 120 valence electrons. The van der Waals surface area contributed by atoms with Crippen LogP contribution in [0.4, 0.5) is 0 Å². The number of carbonyl (C=O) groups excluding carboxylic acids is 2. The quantitative estimate of drug-likeness (QED) is 0.650. The molecule has 0 bridgehead atoms. The molecule has 2 aromatic carbocycles. The highest BCUT2D eigenvalue weighted by Crippen LogP contribution is 2.25. The fraction of sp³-hybridized carbons (Fsp3) is 0.176. The molecular formula is C17H17NO5. The van der Waals surface area contributed by atoms with Crippen molar-refractivity contribution in [2.24, 2.45) is 0 Å². The Hall–Kier alpha value is -3.02. The first kappa shape index (κ1) is 16.4. The summed E-state index contributed by atoms with van der Waals surface area (Å²) in [7, 11) is 1.45. The Bertz CT molecular complexity index is 699. The maximum Gasteiger partial charge on any atom is 0.325 e. The summed E-state index contributed by atoms with van der Waals surface area (Å²) in [6.07, 6.45) is 0. The van der Waals surface area contributed by atoms with E-state index in [-0.39, 0.29) is 24.5 Å². The van der Waals surface area contributed by atoms with E-state index in [0.717, 1.165) is 11.6 Å². The summed E-state index contributed by atoms with van der Waals surface area (Å²) in [5.74, 6) is -1.70. The molecule has 23 heavy (non-hydrogen) atoms. The molecule has 2 aromatic rings. The summed E-state index contributed by atoms with van der Waals surface area (Å²) in [4.78, 5) is 25.1. The lowest BCUT2D eigenvalue weighted by atomic mass is 10.2. The largest absolute Gasteiger partial charge is 0.504 e. The van der Waals surface area contributed by atoms with E-state index in [1.165, 1.54) is 24.1 Å². The zero-order valence-electron chi connectivity index (χ0n) is 12.6. The molecular weight excluding hydrogens is 298 g/mol. The highest BCUT2D eigenvalue weighted by Gasteiger charge is 2.17. The SMILES string of the molecule is CN(CC(=O)OCc1ccccc1)C(=O)c1ccc(O)c(O)c1. The van der Waals surface area contributed by atoms with Crippen molar-refractivity contribution >= 4 is 11.9 Å². The van der Waals surface area contributed by atoms with Gasteiger partial charge in [-0.15, -0.1) is 0 Å². The number of ether oxygens (including phenoxy) is 1. The molecule has 0 spiro atoms. The van der Waals surface area contributed by atoms with Crippen molar-refractivity contribution in [1.29, 1.82) is 0 Å². The summed E-state index contributed by atoms with van der Waals surface area (Å²) in [6, 6.07) is 12.9. The van der Waals surface area contributed by atoms with E-state index in [1.807, 2.05) is 30.3 Å². The Balaban J connectivity index is 1.89. The maximum atomic E-state index is 12.1. The molecule has 0 heterocycles. The standard InChI is InChI=1S/C17H17NO5/c1-18(17(22)13-7-8-14(19)15(20)9-13)10-16(21)23-11-12-5-3-2-4-6-12/h2-9,19-20H,10-11H2,1H3. The molecule has 6 heteroatoms. The van der Waals surface area contributed by atoms with E-state index in [4.69, 9.17) is 4.74 Å². The summed E-state index contributed by atoms with van der Waals surface area (Å²) >= 11 is 0. The molecule has 0 aromatic heterocycles. The monoisotopic (exact) mass is 315 g/mol. The number of phenols is 2. The fourth-order valence-electron chi connectivity index (χ4n) is 1.93. The van der Waals surface area contributed by atoms with Crippen LogP contribution in [0.5, 0.6) is 11.5 Å². The molecule has 0 fully saturated rings. The van der Waals surface area contributed by atoms with Gasteiger partial charge in [0.25, 0.3) is 5.91 Å². The lowest BCUT2D eigenvalue weighted by molar-refractivity contribution is -0.145. The van der Waals surface area contributed by atoms with Crippen molar-refractivity contribution in [3.63, 3.8) is 0 Å². The second-order valence-corrected chi connectivity index (χ2v) is 5.01. The van der Waals surface area contributed by atoms with E-state index < -0.39 is 17.6 Å². The van der Waals surface area contributed by atoms with Crippen LogP contribution in [-0.2, 0) is 16.1 Å². The first-order valence-corrected chi connectivity index (χ1v) is 6.94. The number of likely N-dealkylation sites (N-methyl/N-ethyl adjacent to an activating group) is 1. The van der Waals surface area contributed by atoms with Crippen LogP contribution < -0.4 is 0 Å². The molecule has 0 saturated heterocycles. The van der Waals surface area contributed by atoms with Crippen LogP contribution in [0.15, 0.2) is 48.5 Å². The van der Waals surface area contributed by atoms with Crippen molar-refractivity contribution in [1.82, 2.24) is 4.90 Å². The van der Waals surface area contributed by atoms with Crippen LogP contribution in [0.25, 0.3) is 0 Å².